The van der Waals surface area contributed by atoms with E-state index >= 15 is 0 Å². The van der Waals surface area contributed by atoms with E-state index in [1.807, 2.05) is 0 Å². The van der Waals surface area contributed by atoms with Crippen LogP contribution in [-0.2, 0) is 4.79 Å². The first-order valence-corrected chi connectivity index (χ1v) is 3.84. The fraction of sp³-hybridized carbons (Fsp3) is 0.571. The molecule has 0 aliphatic rings. The minimum atomic E-state index is -5.36. The van der Waals surface area contributed by atoms with Crippen LogP contribution in [0, 0.1) is 0 Å². The van der Waals surface area contributed by atoms with Crippen LogP contribution in [0.4, 0.5) is 26.3 Å². The molecule has 0 aromatic carbocycles. The molecule has 0 fully saturated rings. The van der Waals surface area contributed by atoms with Crippen molar-refractivity contribution in [2.75, 3.05) is 13.2 Å². The second-order valence-corrected chi connectivity index (χ2v) is 2.57. The predicted octanol–water partition coefficient (Wildman–Crippen LogP) is 1.15. The Morgan fingerprint density at radius 1 is 1.12 bits per heavy atom. The minimum Gasteiger partial charge on any atom is -0.395 e. The van der Waals surface area contributed by atoms with Crippen LogP contribution in [0.5, 0.6) is 0 Å². The first-order valence-electron chi connectivity index (χ1n) is 3.84. The van der Waals surface area contributed by atoms with Gasteiger partial charge in [-0.3, -0.25) is 4.79 Å². The van der Waals surface area contributed by atoms with Gasteiger partial charge in [-0.2, -0.15) is 26.3 Å². The number of hydrogen-bond donors (Lipinski definition) is 2. The molecule has 0 aliphatic heterocycles. The van der Waals surface area contributed by atoms with E-state index in [-0.39, 0.29) is 0 Å². The lowest BCUT2D eigenvalue weighted by Crippen LogP contribution is -2.31. The van der Waals surface area contributed by atoms with E-state index in [4.69, 9.17) is 5.11 Å². The number of ketones is 1. The molecule has 0 aromatic rings. The molecule has 0 spiro atoms. The Labute approximate surface area is 85.7 Å². The second kappa shape index (κ2) is 5.19. The maximum Gasteiger partial charge on any atom is 0.454 e. The summed E-state index contributed by atoms with van der Waals surface area (Å²) in [7, 11) is 0. The van der Waals surface area contributed by atoms with Crippen LogP contribution in [0.15, 0.2) is 11.8 Å². The van der Waals surface area contributed by atoms with Crippen LogP contribution in [0.25, 0.3) is 0 Å². The Kier molecular flexibility index (Phi) is 4.79. The third kappa shape index (κ3) is 5.01. The molecule has 0 atom stereocenters. The van der Waals surface area contributed by atoms with Crippen LogP contribution < -0.4 is 5.32 Å². The Morgan fingerprint density at radius 2 is 1.62 bits per heavy atom. The van der Waals surface area contributed by atoms with Gasteiger partial charge in [0, 0.05) is 12.6 Å². The zero-order chi connectivity index (χ0) is 13.0. The summed E-state index contributed by atoms with van der Waals surface area (Å²) in [5, 5.41) is 9.69. The van der Waals surface area contributed by atoms with Gasteiger partial charge in [-0.1, -0.05) is 0 Å². The van der Waals surface area contributed by atoms with Gasteiger partial charge in [0.05, 0.1) is 6.61 Å². The fourth-order valence-corrected chi connectivity index (χ4v) is 0.637. The zero-order valence-electron chi connectivity index (χ0n) is 7.61. The number of aliphatic hydroxyl groups is 1. The third-order valence-corrected chi connectivity index (χ3v) is 1.29. The van der Waals surface area contributed by atoms with Crippen molar-refractivity contribution < 1.29 is 36.2 Å². The van der Waals surface area contributed by atoms with Gasteiger partial charge in [0.15, 0.2) is 0 Å². The van der Waals surface area contributed by atoms with E-state index in [0.29, 0.717) is 0 Å². The maximum absolute atomic E-state index is 12.1. The van der Waals surface area contributed by atoms with Crippen molar-refractivity contribution >= 4 is 5.78 Å². The summed E-state index contributed by atoms with van der Waals surface area (Å²) in [5.41, 5.74) is -1.84. The van der Waals surface area contributed by atoms with E-state index in [9.17, 15) is 31.1 Å². The molecule has 0 saturated heterocycles. The fourth-order valence-electron chi connectivity index (χ4n) is 0.637. The van der Waals surface area contributed by atoms with Crippen LogP contribution in [0.2, 0.25) is 0 Å². The van der Waals surface area contributed by atoms with Crippen molar-refractivity contribution in [1.29, 1.82) is 0 Å². The number of carbonyl (C=O) groups excluding carboxylic acids is 1. The highest BCUT2D eigenvalue weighted by molar-refractivity contribution is 5.95. The van der Waals surface area contributed by atoms with Gasteiger partial charge < -0.3 is 10.4 Å². The molecule has 9 heteroatoms. The lowest BCUT2D eigenvalue weighted by molar-refractivity contribution is -0.166. The lowest BCUT2D eigenvalue weighted by atomic mass is 10.3. The molecular formula is C7H7F6NO2. The van der Waals surface area contributed by atoms with E-state index in [0.717, 1.165) is 0 Å². The van der Waals surface area contributed by atoms with Crippen LogP contribution in [-0.4, -0.2) is 36.4 Å². The third-order valence-electron chi connectivity index (χ3n) is 1.29. The van der Waals surface area contributed by atoms with Gasteiger partial charge in [-0.05, 0) is 0 Å². The molecule has 0 aliphatic carbocycles. The summed E-state index contributed by atoms with van der Waals surface area (Å²) in [5.74, 6) is -2.62. The molecule has 0 amide bonds. The van der Waals surface area contributed by atoms with Crippen molar-refractivity contribution in [3.05, 3.63) is 11.8 Å². The van der Waals surface area contributed by atoms with Crippen molar-refractivity contribution in [2.24, 2.45) is 0 Å². The highest BCUT2D eigenvalue weighted by Gasteiger charge is 2.41. The number of alkyl halides is 6. The largest absolute Gasteiger partial charge is 0.454 e. The Bertz CT molecular complexity index is 280. The Hall–Kier alpha value is -1.25. The Morgan fingerprint density at radius 3 is 1.94 bits per heavy atom. The summed E-state index contributed by atoms with van der Waals surface area (Å²) in [6.07, 6.45) is -11.1. The van der Waals surface area contributed by atoms with Gasteiger partial charge in [0.1, 0.15) is 5.70 Å². The van der Waals surface area contributed by atoms with Crippen molar-refractivity contribution in [3.8, 4) is 0 Å². The smallest absolute Gasteiger partial charge is 0.395 e. The molecule has 0 radical (unpaired) electrons. The van der Waals surface area contributed by atoms with Gasteiger partial charge >= 0.3 is 12.4 Å². The second-order valence-electron chi connectivity index (χ2n) is 2.57. The molecule has 0 saturated carbocycles. The number of nitrogens with one attached hydrogen (secondary N) is 1. The molecule has 3 nitrogen and oxygen atoms in total. The number of carbonyl (C=O) groups is 1. The van der Waals surface area contributed by atoms with Gasteiger partial charge in [0.25, 0.3) is 5.78 Å². The average molecular weight is 251 g/mol. The molecule has 0 rings (SSSR count). The molecule has 0 heterocycles. The standard InChI is InChI=1S/C7H7F6NO2/c8-6(9,10)4(14-1-2-15)3-5(16)7(11,12)13/h3,14-15H,1-2H2/b4-3-. The number of hydrogen-bond acceptors (Lipinski definition) is 3. The normalized spacial score (nSPS) is 13.8. The number of allylic oxidation sites excluding steroid dienone is 2. The molecule has 16 heavy (non-hydrogen) atoms. The van der Waals surface area contributed by atoms with Crippen LogP contribution in [0.1, 0.15) is 0 Å². The van der Waals surface area contributed by atoms with E-state index < -0.39 is 43.1 Å². The maximum atomic E-state index is 12.1. The van der Waals surface area contributed by atoms with Gasteiger partial charge in [-0.15, -0.1) is 0 Å². The molecule has 0 bridgehead atoms. The SMILES string of the molecule is O=C(/C=C(\NCCO)C(F)(F)F)C(F)(F)F. The summed E-state index contributed by atoms with van der Waals surface area (Å²) >= 11 is 0. The predicted molar refractivity (Wildman–Crippen MR) is 40.3 cm³/mol. The van der Waals surface area contributed by atoms with Crippen molar-refractivity contribution in [2.45, 2.75) is 12.4 Å². The average Bonchev–Trinajstić information content (AvgIpc) is 2.08. The van der Waals surface area contributed by atoms with E-state index in [2.05, 4.69) is 0 Å². The van der Waals surface area contributed by atoms with E-state index in [1.165, 1.54) is 5.32 Å². The van der Waals surface area contributed by atoms with Gasteiger partial charge in [-0.25, -0.2) is 0 Å². The minimum absolute atomic E-state index is 0.588. The quantitative estimate of drug-likeness (QED) is 0.582. The highest BCUT2D eigenvalue weighted by atomic mass is 19.4. The van der Waals surface area contributed by atoms with Crippen LogP contribution >= 0.6 is 0 Å². The molecule has 0 unspecified atom stereocenters. The summed E-state index contributed by atoms with van der Waals surface area (Å²) in [4.78, 5) is 10.3. The summed E-state index contributed by atoms with van der Waals surface area (Å²) in [6, 6.07) is 0. The number of aliphatic hydroxyl groups excluding tert-OH is 1. The summed E-state index contributed by atoms with van der Waals surface area (Å²) < 4.78 is 71.2. The van der Waals surface area contributed by atoms with Gasteiger partial charge in [0.2, 0.25) is 0 Å². The monoisotopic (exact) mass is 251 g/mol. The van der Waals surface area contributed by atoms with Crippen molar-refractivity contribution in [3.63, 3.8) is 0 Å². The van der Waals surface area contributed by atoms with Crippen LogP contribution in [0.3, 0.4) is 0 Å². The Balaban J connectivity index is 4.90. The lowest BCUT2D eigenvalue weighted by Gasteiger charge is -2.13. The highest BCUT2D eigenvalue weighted by Crippen LogP contribution is 2.25. The molecule has 0 aromatic heterocycles. The number of halogens is 6. The molecule has 94 valence electrons. The topological polar surface area (TPSA) is 49.3 Å². The number of rotatable bonds is 4. The van der Waals surface area contributed by atoms with Crippen molar-refractivity contribution in [1.82, 2.24) is 5.32 Å². The van der Waals surface area contributed by atoms with E-state index in [1.54, 1.807) is 0 Å². The molecular weight excluding hydrogens is 244 g/mol. The zero-order valence-corrected chi connectivity index (χ0v) is 7.61. The first kappa shape index (κ1) is 14.8. The summed E-state index contributed by atoms with van der Waals surface area (Å²) in [6.45, 7) is -1.33. The molecule has 2 N–H and O–H groups in total. The first-order chi connectivity index (χ1) is 7.09.